The predicted molar refractivity (Wildman–Crippen MR) is 66.2 cm³/mol. The van der Waals surface area contributed by atoms with Gasteiger partial charge in [0, 0.05) is 10.5 Å². The second-order valence-corrected chi connectivity index (χ2v) is 5.21. The smallest absolute Gasteiger partial charge is 0.174 e. The summed E-state index contributed by atoms with van der Waals surface area (Å²) in [5.41, 5.74) is 7.39. The molecule has 0 aliphatic rings. The van der Waals surface area contributed by atoms with Crippen LogP contribution in [-0.2, 0) is 0 Å². The van der Waals surface area contributed by atoms with Gasteiger partial charge < -0.3 is 5.73 Å². The number of aromatic nitrogens is 2. The SMILES string of the molecule is Cc1cccc(C(=N)N)c1Sc1ncns1. The second kappa shape index (κ2) is 4.63. The molecule has 0 aliphatic heterocycles. The molecule has 4 nitrogen and oxygen atoms in total. The minimum atomic E-state index is 0.0794. The summed E-state index contributed by atoms with van der Waals surface area (Å²) in [7, 11) is 0. The van der Waals surface area contributed by atoms with Gasteiger partial charge in [0.25, 0.3) is 0 Å². The molecule has 0 bridgehead atoms. The van der Waals surface area contributed by atoms with Crippen molar-refractivity contribution in [2.24, 2.45) is 5.73 Å². The lowest BCUT2D eigenvalue weighted by atomic mass is 10.1. The molecule has 1 heterocycles. The normalized spacial score (nSPS) is 10.3. The molecule has 6 heteroatoms. The molecule has 0 atom stereocenters. The Kier molecular flexibility index (Phi) is 3.21. The molecule has 0 aliphatic carbocycles. The zero-order valence-electron chi connectivity index (χ0n) is 8.60. The number of aryl methyl sites for hydroxylation is 1. The fourth-order valence-electron chi connectivity index (χ4n) is 1.30. The number of benzene rings is 1. The van der Waals surface area contributed by atoms with Crippen LogP contribution in [0.5, 0.6) is 0 Å². The lowest BCUT2D eigenvalue weighted by Gasteiger charge is -2.08. The highest BCUT2D eigenvalue weighted by Gasteiger charge is 2.11. The predicted octanol–water partition coefficient (Wildman–Crippen LogP) is 2.28. The van der Waals surface area contributed by atoms with E-state index in [0.29, 0.717) is 0 Å². The van der Waals surface area contributed by atoms with Crippen molar-refractivity contribution in [1.82, 2.24) is 9.36 Å². The molecule has 1 aromatic heterocycles. The standard InChI is InChI=1S/C10H10N4S2/c1-6-3-2-4-7(9(11)12)8(6)15-10-13-5-14-16-10/h2-5H,1H3,(H3,11,12). The number of amidine groups is 1. The van der Waals surface area contributed by atoms with Gasteiger partial charge in [0.15, 0.2) is 4.34 Å². The molecule has 1 aromatic carbocycles. The van der Waals surface area contributed by atoms with Crippen LogP contribution in [0.4, 0.5) is 0 Å². The minimum absolute atomic E-state index is 0.0794. The van der Waals surface area contributed by atoms with Gasteiger partial charge in [0.1, 0.15) is 12.2 Å². The lowest BCUT2D eigenvalue weighted by Crippen LogP contribution is -2.12. The molecular formula is C10H10N4S2. The van der Waals surface area contributed by atoms with Crippen LogP contribution >= 0.6 is 23.3 Å². The average Bonchev–Trinajstić information content (AvgIpc) is 2.73. The van der Waals surface area contributed by atoms with Crippen molar-refractivity contribution < 1.29 is 0 Å². The molecule has 16 heavy (non-hydrogen) atoms. The van der Waals surface area contributed by atoms with E-state index >= 15 is 0 Å². The van der Waals surface area contributed by atoms with E-state index in [-0.39, 0.29) is 5.84 Å². The van der Waals surface area contributed by atoms with Crippen LogP contribution in [0.15, 0.2) is 33.8 Å². The van der Waals surface area contributed by atoms with Gasteiger partial charge in [0.2, 0.25) is 0 Å². The van der Waals surface area contributed by atoms with Crippen molar-refractivity contribution in [2.75, 3.05) is 0 Å². The Balaban J connectivity index is 2.42. The summed E-state index contributed by atoms with van der Waals surface area (Å²) < 4.78 is 4.81. The van der Waals surface area contributed by atoms with Gasteiger partial charge in [-0.2, -0.15) is 4.37 Å². The Hall–Kier alpha value is -1.40. The maximum atomic E-state index is 7.53. The molecule has 0 fully saturated rings. The molecule has 2 rings (SSSR count). The van der Waals surface area contributed by atoms with Gasteiger partial charge in [-0.05, 0) is 24.0 Å². The van der Waals surface area contributed by atoms with Crippen molar-refractivity contribution in [3.8, 4) is 0 Å². The third-order valence-corrected chi connectivity index (χ3v) is 3.99. The van der Waals surface area contributed by atoms with Gasteiger partial charge in [-0.25, -0.2) is 4.98 Å². The first-order valence-electron chi connectivity index (χ1n) is 4.57. The highest BCUT2D eigenvalue weighted by atomic mass is 32.2. The average molecular weight is 250 g/mol. The summed E-state index contributed by atoms with van der Waals surface area (Å²) in [5.74, 6) is 0.0794. The van der Waals surface area contributed by atoms with E-state index < -0.39 is 0 Å². The fraction of sp³-hybridized carbons (Fsp3) is 0.100. The van der Waals surface area contributed by atoms with Gasteiger partial charge in [-0.15, -0.1) is 0 Å². The van der Waals surface area contributed by atoms with Gasteiger partial charge in [-0.1, -0.05) is 30.0 Å². The van der Waals surface area contributed by atoms with Crippen molar-refractivity contribution in [1.29, 1.82) is 5.41 Å². The van der Waals surface area contributed by atoms with Gasteiger partial charge >= 0.3 is 0 Å². The van der Waals surface area contributed by atoms with E-state index in [9.17, 15) is 0 Å². The quantitative estimate of drug-likeness (QED) is 0.647. The molecule has 0 saturated carbocycles. The summed E-state index contributed by atoms with van der Waals surface area (Å²) >= 11 is 2.84. The second-order valence-electron chi connectivity index (χ2n) is 3.17. The first kappa shape index (κ1) is 11.1. The molecule has 0 spiro atoms. The maximum absolute atomic E-state index is 7.53. The van der Waals surface area contributed by atoms with Crippen LogP contribution in [0.2, 0.25) is 0 Å². The molecule has 2 aromatic rings. The monoisotopic (exact) mass is 250 g/mol. The Morgan fingerprint density at radius 3 is 2.94 bits per heavy atom. The van der Waals surface area contributed by atoms with E-state index in [4.69, 9.17) is 11.1 Å². The number of hydrogen-bond acceptors (Lipinski definition) is 5. The number of nitrogens with zero attached hydrogens (tertiary/aromatic N) is 2. The molecule has 0 amide bonds. The summed E-state index contributed by atoms with van der Waals surface area (Å²) in [6.45, 7) is 2.00. The minimum Gasteiger partial charge on any atom is -0.384 e. The third kappa shape index (κ3) is 2.23. The van der Waals surface area contributed by atoms with E-state index in [1.54, 1.807) is 0 Å². The Morgan fingerprint density at radius 2 is 2.31 bits per heavy atom. The fourth-order valence-corrected chi connectivity index (χ4v) is 2.89. The van der Waals surface area contributed by atoms with Crippen molar-refractivity contribution >= 4 is 29.1 Å². The summed E-state index contributed by atoms with van der Waals surface area (Å²) in [5, 5.41) is 7.53. The van der Waals surface area contributed by atoms with Crippen LogP contribution in [-0.4, -0.2) is 15.2 Å². The number of nitrogen functional groups attached to an aromatic ring is 1. The van der Waals surface area contributed by atoms with Gasteiger partial charge in [0.05, 0.1) is 0 Å². The largest absolute Gasteiger partial charge is 0.384 e. The Labute approximate surface area is 102 Å². The number of rotatable bonds is 3. The first-order valence-corrected chi connectivity index (χ1v) is 6.16. The van der Waals surface area contributed by atoms with Crippen LogP contribution in [0.25, 0.3) is 0 Å². The van der Waals surface area contributed by atoms with Crippen LogP contribution in [0.3, 0.4) is 0 Å². The lowest BCUT2D eigenvalue weighted by molar-refractivity contribution is 1.20. The van der Waals surface area contributed by atoms with E-state index in [2.05, 4.69) is 9.36 Å². The maximum Gasteiger partial charge on any atom is 0.174 e. The highest BCUT2D eigenvalue weighted by molar-refractivity contribution is 8.01. The zero-order chi connectivity index (χ0) is 11.5. The van der Waals surface area contributed by atoms with Crippen LogP contribution in [0, 0.1) is 12.3 Å². The molecule has 0 radical (unpaired) electrons. The van der Waals surface area contributed by atoms with E-state index in [0.717, 1.165) is 20.4 Å². The molecule has 0 unspecified atom stereocenters. The van der Waals surface area contributed by atoms with Gasteiger partial charge in [-0.3, -0.25) is 5.41 Å². The molecule has 0 saturated heterocycles. The first-order chi connectivity index (χ1) is 7.68. The van der Waals surface area contributed by atoms with Crippen LogP contribution in [0.1, 0.15) is 11.1 Å². The number of nitrogens with one attached hydrogen (secondary N) is 1. The zero-order valence-corrected chi connectivity index (χ0v) is 10.2. The van der Waals surface area contributed by atoms with Crippen molar-refractivity contribution in [2.45, 2.75) is 16.2 Å². The number of hydrogen-bond donors (Lipinski definition) is 2. The molecule has 82 valence electrons. The third-order valence-electron chi connectivity index (χ3n) is 2.03. The molecular weight excluding hydrogens is 240 g/mol. The van der Waals surface area contributed by atoms with E-state index in [1.807, 2.05) is 25.1 Å². The molecule has 3 N–H and O–H groups in total. The van der Waals surface area contributed by atoms with E-state index in [1.165, 1.54) is 29.6 Å². The van der Waals surface area contributed by atoms with Crippen LogP contribution < -0.4 is 5.73 Å². The van der Waals surface area contributed by atoms with Crippen molar-refractivity contribution in [3.63, 3.8) is 0 Å². The Morgan fingerprint density at radius 1 is 1.50 bits per heavy atom. The number of nitrogens with two attached hydrogens (primary N) is 1. The summed E-state index contributed by atoms with van der Waals surface area (Å²) in [6.07, 6.45) is 1.53. The topological polar surface area (TPSA) is 75.7 Å². The Bertz CT molecular complexity index is 508. The summed E-state index contributed by atoms with van der Waals surface area (Å²) in [6, 6.07) is 5.74. The highest BCUT2D eigenvalue weighted by Crippen LogP contribution is 2.33. The summed E-state index contributed by atoms with van der Waals surface area (Å²) in [4.78, 5) is 5.09. The van der Waals surface area contributed by atoms with Crippen molar-refractivity contribution in [3.05, 3.63) is 35.7 Å².